The lowest BCUT2D eigenvalue weighted by Gasteiger charge is -2.12. The van der Waals surface area contributed by atoms with E-state index in [2.05, 4.69) is 5.32 Å². The minimum atomic E-state index is -0.546. The van der Waals surface area contributed by atoms with Crippen LogP contribution in [0.4, 0.5) is 4.39 Å². The van der Waals surface area contributed by atoms with E-state index < -0.39 is 5.82 Å². The van der Waals surface area contributed by atoms with Gasteiger partial charge in [0.25, 0.3) is 5.91 Å². The quantitative estimate of drug-likeness (QED) is 0.807. The van der Waals surface area contributed by atoms with E-state index in [1.807, 2.05) is 0 Å². The van der Waals surface area contributed by atoms with E-state index in [9.17, 15) is 14.3 Å². The number of nitrogens with one attached hydrogen (secondary N) is 1. The first-order valence-electron chi connectivity index (χ1n) is 5.46. The van der Waals surface area contributed by atoms with Crippen LogP contribution in [-0.4, -0.2) is 17.1 Å². The molecule has 0 aliphatic heterocycles. The molecule has 16 heavy (non-hydrogen) atoms. The number of benzene rings is 1. The average molecular weight is 223 g/mol. The fourth-order valence-electron chi connectivity index (χ4n) is 2.03. The molecule has 0 bridgehead atoms. The molecule has 0 unspecified atom stereocenters. The van der Waals surface area contributed by atoms with Gasteiger partial charge in [0.05, 0.1) is 5.56 Å². The predicted octanol–water partition coefficient (Wildman–Crippen LogP) is 2.20. The summed E-state index contributed by atoms with van der Waals surface area (Å²) in [5.74, 6) is -1.19. The number of phenolic OH excluding ortho intramolecular Hbond substituents is 1. The van der Waals surface area contributed by atoms with E-state index in [0.717, 1.165) is 31.7 Å². The number of phenols is 1. The van der Waals surface area contributed by atoms with Crippen LogP contribution < -0.4 is 5.32 Å². The van der Waals surface area contributed by atoms with E-state index in [0.29, 0.717) is 0 Å². The summed E-state index contributed by atoms with van der Waals surface area (Å²) < 4.78 is 12.7. The van der Waals surface area contributed by atoms with Gasteiger partial charge in [-0.2, -0.15) is 0 Å². The summed E-state index contributed by atoms with van der Waals surface area (Å²) in [7, 11) is 0. The van der Waals surface area contributed by atoms with Gasteiger partial charge in [-0.25, -0.2) is 4.39 Å². The summed E-state index contributed by atoms with van der Waals surface area (Å²) in [6.45, 7) is 0. The Kier molecular flexibility index (Phi) is 3.08. The molecular weight excluding hydrogens is 209 g/mol. The van der Waals surface area contributed by atoms with E-state index in [1.165, 1.54) is 12.1 Å². The van der Waals surface area contributed by atoms with Gasteiger partial charge in [0.1, 0.15) is 11.6 Å². The zero-order valence-corrected chi connectivity index (χ0v) is 8.87. The molecule has 1 fully saturated rings. The summed E-state index contributed by atoms with van der Waals surface area (Å²) in [4.78, 5) is 11.7. The largest absolute Gasteiger partial charge is 0.507 e. The zero-order chi connectivity index (χ0) is 11.5. The minimum absolute atomic E-state index is 0.133. The molecule has 1 aliphatic rings. The van der Waals surface area contributed by atoms with Crippen LogP contribution in [0.1, 0.15) is 36.0 Å². The van der Waals surface area contributed by atoms with Gasteiger partial charge < -0.3 is 10.4 Å². The Bertz CT molecular complexity index is 400. The molecule has 0 aromatic heterocycles. The van der Waals surface area contributed by atoms with Gasteiger partial charge in [-0.05, 0) is 25.0 Å². The van der Waals surface area contributed by atoms with E-state index in [4.69, 9.17) is 0 Å². The van der Waals surface area contributed by atoms with Crippen LogP contribution in [0.15, 0.2) is 18.2 Å². The van der Waals surface area contributed by atoms with Crippen LogP contribution in [0.25, 0.3) is 0 Å². The summed E-state index contributed by atoms with van der Waals surface area (Å²) in [5, 5.41) is 12.3. The summed E-state index contributed by atoms with van der Waals surface area (Å²) >= 11 is 0. The molecule has 3 nitrogen and oxygen atoms in total. The molecule has 1 aliphatic carbocycles. The first-order valence-corrected chi connectivity index (χ1v) is 5.46. The van der Waals surface area contributed by atoms with Gasteiger partial charge in [-0.3, -0.25) is 4.79 Å². The Morgan fingerprint density at radius 1 is 1.38 bits per heavy atom. The number of aromatic hydroxyl groups is 1. The molecular formula is C12H14FNO2. The maximum Gasteiger partial charge on any atom is 0.255 e. The SMILES string of the molecule is O=C(NC1CCCC1)c1ccc(F)cc1O. The fraction of sp³-hybridized carbons (Fsp3) is 0.417. The lowest BCUT2D eigenvalue weighted by molar-refractivity contribution is 0.0935. The van der Waals surface area contributed by atoms with Crippen LogP contribution in [0, 0.1) is 5.82 Å². The van der Waals surface area contributed by atoms with Crippen molar-refractivity contribution in [3.05, 3.63) is 29.6 Å². The van der Waals surface area contributed by atoms with Crippen molar-refractivity contribution in [3.63, 3.8) is 0 Å². The lowest BCUT2D eigenvalue weighted by Crippen LogP contribution is -2.32. The number of amides is 1. The number of carbonyl (C=O) groups is 1. The number of carbonyl (C=O) groups excluding carboxylic acids is 1. The fourth-order valence-corrected chi connectivity index (χ4v) is 2.03. The van der Waals surface area contributed by atoms with Crippen LogP contribution in [-0.2, 0) is 0 Å². The Morgan fingerprint density at radius 2 is 2.06 bits per heavy atom. The van der Waals surface area contributed by atoms with E-state index in [-0.39, 0.29) is 23.3 Å². The van der Waals surface area contributed by atoms with Crippen molar-refractivity contribution >= 4 is 5.91 Å². The molecule has 2 rings (SSSR count). The van der Waals surface area contributed by atoms with Gasteiger partial charge in [-0.1, -0.05) is 12.8 Å². The van der Waals surface area contributed by atoms with Crippen molar-refractivity contribution in [1.82, 2.24) is 5.32 Å². The molecule has 0 spiro atoms. The van der Waals surface area contributed by atoms with Crippen molar-refractivity contribution in [2.45, 2.75) is 31.7 Å². The van der Waals surface area contributed by atoms with Crippen molar-refractivity contribution in [2.75, 3.05) is 0 Å². The Hall–Kier alpha value is -1.58. The highest BCUT2D eigenvalue weighted by Gasteiger charge is 2.19. The highest BCUT2D eigenvalue weighted by Crippen LogP contribution is 2.21. The Labute approximate surface area is 93.3 Å². The average Bonchev–Trinajstić information content (AvgIpc) is 2.70. The van der Waals surface area contributed by atoms with Crippen molar-refractivity contribution in [3.8, 4) is 5.75 Å². The molecule has 1 amide bonds. The standard InChI is InChI=1S/C12H14FNO2/c13-8-5-6-10(11(15)7-8)12(16)14-9-3-1-2-4-9/h5-7,9,15H,1-4H2,(H,14,16). The topological polar surface area (TPSA) is 49.3 Å². The highest BCUT2D eigenvalue weighted by molar-refractivity contribution is 5.96. The van der Waals surface area contributed by atoms with Gasteiger partial charge in [0.2, 0.25) is 0 Å². The molecule has 0 atom stereocenters. The van der Waals surface area contributed by atoms with Crippen LogP contribution >= 0.6 is 0 Å². The molecule has 1 saturated carbocycles. The maximum absolute atomic E-state index is 12.7. The first-order chi connectivity index (χ1) is 7.66. The van der Waals surface area contributed by atoms with Gasteiger partial charge in [0.15, 0.2) is 0 Å². The third-order valence-electron chi connectivity index (χ3n) is 2.89. The molecule has 1 aromatic carbocycles. The summed E-state index contributed by atoms with van der Waals surface area (Å²) in [6, 6.07) is 3.61. The van der Waals surface area contributed by atoms with Crippen LogP contribution in [0.5, 0.6) is 5.75 Å². The minimum Gasteiger partial charge on any atom is -0.507 e. The summed E-state index contributed by atoms with van der Waals surface area (Å²) in [6.07, 6.45) is 4.21. The number of hydrogen-bond donors (Lipinski definition) is 2. The third-order valence-corrected chi connectivity index (χ3v) is 2.89. The van der Waals surface area contributed by atoms with Gasteiger partial charge in [0, 0.05) is 12.1 Å². The van der Waals surface area contributed by atoms with Crippen molar-refractivity contribution in [2.24, 2.45) is 0 Å². The molecule has 86 valence electrons. The number of hydrogen-bond acceptors (Lipinski definition) is 2. The Morgan fingerprint density at radius 3 is 2.69 bits per heavy atom. The molecule has 0 heterocycles. The second-order valence-corrected chi connectivity index (χ2v) is 4.12. The van der Waals surface area contributed by atoms with Crippen LogP contribution in [0.2, 0.25) is 0 Å². The van der Waals surface area contributed by atoms with Crippen LogP contribution in [0.3, 0.4) is 0 Å². The second-order valence-electron chi connectivity index (χ2n) is 4.12. The monoisotopic (exact) mass is 223 g/mol. The molecule has 1 aromatic rings. The normalized spacial score (nSPS) is 16.3. The van der Waals surface area contributed by atoms with Crippen molar-refractivity contribution < 1.29 is 14.3 Å². The predicted molar refractivity (Wildman–Crippen MR) is 57.8 cm³/mol. The smallest absolute Gasteiger partial charge is 0.255 e. The number of halogens is 1. The first kappa shape index (κ1) is 10.9. The van der Waals surface area contributed by atoms with E-state index in [1.54, 1.807) is 0 Å². The maximum atomic E-state index is 12.7. The molecule has 0 radical (unpaired) electrons. The third kappa shape index (κ3) is 2.32. The highest BCUT2D eigenvalue weighted by atomic mass is 19.1. The molecule has 4 heteroatoms. The molecule has 0 saturated heterocycles. The zero-order valence-electron chi connectivity index (χ0n) is 8.87. The lowest BCUT2D eigenvalue weighted by atomic mass is 10.1. The van der Waals surface area contributed by atoms with Gasteiger partial charge >= 0.3 is 0 Å². The Balaban J connectivity index is 2.08. The van der Waals surface area contributed by atoms with Gasteiger partial charge in [-0.15, -0.1) is 0 Å². The van der Waals surface area contributed by atoms with E-state index >= 15 is 0 Å². The van der Waals surface area contributed by atoms with Crippen molar-refractivity contribution in [1.29, 1.82) is 0 Å². The second kappa shape index (κ2) is 4.51. The number of rotatable bonds is 2. The molecule has 2 N–H and O–H groups in total. The summed E-state index contributed by atoms with van der Waals surface area (Å²) in [5.41, 5.74) is 0.133.